The van der Waals surface area contributed by atoms with Crippen molar-refractivity contribution in [2.24, 2.45) is 0 Å². The molecular formula is C26H28N6O. The van der Waals surface area contributed by atoms with Crippen LogP contribution in [-0.4, -0.2) is 45.7 Å². The predicted molar refractivity (Wildman–Crippen MR) is 125 cm³/mol. The Balaban J connectivity index is 1.45. The molecule has 0 aliphatic carbocycles. The van der Waals surface area contributed by atoms with Crippen molar-refractivity contribution in [3.63, 3.8) is 0 Å². The molecule has 2 aliphatic heterocycles. The number of nitriles is 1. The third-order valence-corrected chi connectivity index (χ3v) is 6.98. The van der Waals surface area contributed by atoms with Crippen molar-refractivity contribution in [1.29, 1.82) is 5.26 Å². The largest absolute Gasteiger partial charge is 0.342 e. The summed E-state index contributed by atoms with van der Waals surface area (Å²) in [5.74, 6) is 0.125. The minimum Gasteiger partial charge on any atom is -0.342 e. The number of rotatable bonds is 5. The topological polar surface area (TPSA) is 86.0 Å². The zero-order valence-electron chi connectivity index (χ0n) is 18.8. The summed E-state index contributed by atoms with van der Waals surface area (Å²) in [5, 5.41) is 15.4. The van der Waals surface area contributed by atoms with Gasteiger partial charge >= 0.3 is 0 Å². The number of carbonyl (C=O) groups is 1. The Morgan fingerprint density at radius 1 is 1.12 bits per heavy atom. The van der Waals surface area contributed by atoms with E-state index >= 15 is 0 Å². The summed E-state index contributed by atoms with van der Waals surface area (Å²) in [6, 6.07) is 18.6. The van der Waals surface area contributed by atoms with Crippen molar-refractivity contribution in [1.82, 2.24) is 25.1 Å². The van der Waals surface area contributed by atoms with Crippen LogP contribution < -0.4 is 10.6 Å². The van der Waals surface area contributed by atoms with Gasteiger partial charge in [-0.3, -0.25) is 15.0 Å². The van der Waals surface area contributed by atoms with Gasteiger partial charge in [-0.2, -0.15) is 5.26 Å². The molecule has 0 bridgehead atoms. The first-order valence-corrected chi connectivity index (χ1v) is 11.4. The minimum absolute atomic E-state index is 0.0493. The van der Waals surface area contributed by atoms with E-state index in [9.17, 15) is 4.79 Å². The van der Waals surface area contributed by atoms with Gasteiger partial charge in [0.25, 0.3) is 0 Å². The van der Waals surface area contributed by atoms with E-state index in [-0.39, 0.29) is 11.9 Å². The number of hydrogen-bond donors (Lipinski definition) is 2. The summed E-state index contributed by atoms with van der Waals surface area (Å²) < 4.78 is 2.19. The maximum atomic E-state index is 12.4. The standard InChI is InChI=1S/C26H28N6O/c1-19-2-8-22(9-3-19)24(31-12-10-26(11-13-31)25(33)29-17-30-26)23-15-28-18-32(23)16-21-6-4-20(14-27)5-7-21/h2-9,15,18,24,30H,10-13,16-17H2,1H3,(H,29,33). The fourth-order valence-corrected chi connectivity index (χ4v) is 5.00. The zero-order chi connectivity index (χ0) is 22.8. The molecule has 168 valence electrons. The number of amides is 1. The van der Waals surface area contributed by atoms with Crippen LogP contribution in [0.4, 0.5) is 0 Å². The van der Waals surface area contributed by atoms with E-state index in [1.165, 1.54) is 11.1 Å². The lowest BCUT2D eigenvalue weighted by atomic mass is 9.86. The van der Waals surface area contributed by atoms with Crippen LogP contribution in [0, 0.1) is 18.3 Å². The lowest BCUT2D eigenvalue weighted by Crippen LogP contribution is -2.55. The van der Waals surface area contributed by atoms with Gasteiger partial charge in [-0.1, -0.05) is 42.0 Å². The summed E-state index contributed by atoms with van der Waals surface area (Å²) >= 11 is 0. The molecule has 7 heteroatoms. The van der Waals surface area contributed by atoms with E-state index in [1.807, 2.05) is 36.8 Å². The quantitative estimate of drug-likeness (QED) is 0.637. The number of nitrogens with one attached hydrogen (secondary N) is 2. The molecule has 1 aromatic heterocycles. The maximum absolute atomic E-state index is 12.4. The highest BCUT2D eigenvalue weighted by Gasteiger charge is 2.45. The Bertz CT molecular complexity index is 1170. The number of benzene rings is 2. The van der Waals surface area contributed by atoms with Gasteiger partial charge < -0.3 is 9.88 Å². The van der Waals surface area contributed by atoms with E-state index in [2.05, 4.69) is 62.3 Å². The van der Waals surface area contributed by atoms with Crippen LogP contribution in [0.25, 0.3) is 0 Å². The average molecular weight is 441 g/mol. The predicted octanol–water partition coefficient (Wildman–Crippen LogP) is 2.71. The van der Waals surface area contributed by atoms with Gasteiger partial charge in [0, 0.05) is 19.6 Å². The molecule has 1 unspecified atom stereocenters. The number of piperidine rings is 1. The SMILES string of the molecule is Cc1ccc(C(c2cncn2Cc2ccc(C#N)cc2)N2CCC3(CC2)NCNC3=O)cc1. The normalized spacial score (nSPS) is 18.7. The first-order valence-electron chi connectivity index (χ1n) is 11.4. The molecule has 5 rings (SSSR count). The summed E-state index contributed by atoms with van der Waals surface area (Å²) in [7, 11) is 0. The second-order valence-corrected chi connectivity index (χ2v) is 9.05. The molecular weight excluding hydrogens is 412 g/mol. The highest BCUT2D eigenvalue weighted by atomic mass is 16.2. The molecule has 0 saturated carbocycles. The molecule has 3 aromatic rings. The third-order valence-electron chi connectivity index (χ3n) is 6.98. The monoisotopic (exact) mass is 440 g/mol. The second-order valence-electron chi connectivity index (χ2n) is 9.05. The van der Waals surface area contributed by atoms with Gasteiger partial charge in [0.2, 0.25) is 5.91 Å². The number of aromatic nitrogens is 2. The van der Waals surface area contributed by atoms with E-state index in [0.29, 0.717) is 18.8 Å². The highest BCUT2D eigenvalue weighted by Crippen LogP contribution is 2.35. The number of carbonyl (C=O) groups excluding carboxylic acids is 1. The lowest BCUT2D eigenvalue weighted by molar-refractivity contribution is -0.125. The number of aryl methyl sites for hydroxylation is 1. The van der Waals surface area contributed by atoms with Crippen molar-refractivity contribution >= 4 is 5.91 Å². The summed E-state index contributed by atoms with van der Waals surface area (Å²) in [6.07, 6.45) is 5.40. The molecule has 1 amide bonds. The fourth-order valence-electron chi connectivity index (χ4n) is 5.00. The van der Waals surface area contributed by atoms with Crippen LogP contribution in [0.15, 0.2) is 61.1 Å². The molecule has 1 spiro atoms. The molecule has 1 atom stereocenters. The summed E-state index contributed by atoms with van der Waals surface area (Å²) in [4.78, 5) is 19.4. The Morgan fingerprint density at radius 2 is 1.85 bits per heavy atom. The van der Waals surface area contributed by atoms with E-state index in [1.54, 1.807) is 0 Å². The van der Waals surface area contributed by atoms with Gasteiger partial charge in [0.1, 0.15) is 5.54 Å². The smallest absolute Gasteiger partial charge is 0.241 e. The average Bonchev–Trinajstić information content (AvgIpc) is 3.44. The van der Waals surface area contributed by atoms with E-state index < -0.39 is 5.54 Å². The number of nitrogens with zero attached hydrogens (tertiary/aromatic N) is 4. The molecule has 33 heavy (non-hydrogen) atoms. The highest BCUT2D eigenvalue weighted by molar-refractivity contribution is 5.88. The Labute approximate surface area is 194 Å². The molecule has 0 radical (unpaired) electrons. The minimum atomic E-state index is -0.433. The van der Waals surface area contributed by atoms with Crippen LogP contribution in [0.1, 0.15) is 46.8 Å². The molecule has 3 heterocycles. The molecule has 7 nitrogen and oxygen atoms in total. The summed E-state index contributed by atoms with van der Waals surface area (Å²) in [6.45, 7) is 4.98. The van der Waals surface area contributed by atoms with Crippen molar-refractivity contribution in [3.8, 4) is 6.07 Å². The fraction of sp³-hybridized carbons (Fsp3) is 0.346. The number of likely N-dealkylation sites (tertiary alicyclic amines) is 1. The Morgan fingerprint density at radius 3 is 2.48 bits per heavy atom. The van der Waals surface area contributed by atoms with E-state index in [0.717, 1.165) is 37.2 Å². The second kappa shape index (κ2) is 8.81. The first-order chi connectivity index (χ1) is 16.1. The molecule has 2 fully saturated rings. The third kappa shape index (κ3) is 4.15. The van der Waals surface area contributed by atoms with Crippen LogP contribution in [0.5, 0.6) is 0 Å². The van der Waals surface area contributed by atoms with Gasteiger partial charge in [0.05, 0.1) is 42.6 Å². The van der Waals surface area contributed by atoms with Crippen molar-refractivity contribution in [2.45, 2.75) is 37.9 Å². The van der Waals surface area contributed by atoms with Crippen molar-refractivity contribution in [3.05, 3.63) is 89.0 Å². The van der Waals surface area contributed by atoms with Crippen molar-refractivity contribution in [2.75, 3.05) is 19.8 Å². The zero-order valence-corrected chi connectivity index (χ0v) is 18.8. The first kappa shape index (κ1) is 21.4. The molecule has 2 aliphatic rings. The van der Waals surface area contributed by atoms with Gasteiger partial charge in [-0.15, -0.1) is 0 Å². The van der Waals surface area contributed by atoms with Gasteiger partial charge in [-0.05, 0) is 43.0 Å². The Kier molecular flexibility index (Phi) is 5.71. The van der Waals surface area contributed by atoms with Crippen LogP contribution >= 0.6 is 0 Å². The van der Waals surface area contributed by atoms with Crippen molar-refractivity contribution < 1.29 is 4.79 Å². The van der Waals surface area contributed by atoms with Crippen LogP contribution in [0.3, 0.4) is 0 Å². The van der Waals surface area contributed by atoms with E-state index in [4.69, 9.17) is 5.26 Å². The van der Waals surface area contributed by atoms with Crippen LogP contribution in [-0.2, 0) is 11.3 Å². The molecule has 2 aromatic carbocycles. The number of hydrogen-bond acceptors (Lipinski definition) is 5. The molecule has 2 N–H and O–H groups in total. The van der Waals surface area contributed by atoms with Gasteiger partial charge in [-0.25, -0.2) is 4.98 Å². The maximum Gasteiger partial charge on any atom is 0.241 e. The summed E-state index contributed by atoms with van der Waals surface area (Å²) in [5.41, 5.74) is 4.93. The Hall–Kier alpha value is -3.47. The lowest BCUT2D eigenvalue weighted by Gasteiger charge is -2.41. The number of imidazole rings is 1. The van der Waals surface area contributed by atoms with Gasteiger partial charge in [0.15, 0.2) is 0 Å². The molecule has 2 saturated heterocycles. The van der Waals surface area contributed by atoms with Crippen LogP contribution in [0.2, 0.25) is 0 Å².